The fourth-order valence-electron chi connectivity index (χ4n) is 3.48. The van der Waals surface area contributed by atoms with Crippen molar-refractivity contribution in [2.45, 2.75) is 17.4 Å². The summed E-state index contributed by atoms with van der Waals surface area (Å²) in [6.45, 7) is 0.769. The van der Waals surface area contributed by atoms with E-state index in [1.165, 1.54) is 29.2 Å². The second-order valence-corrected chi connectivity index (χ2v) is 9.14. The zero-order valence-corrected chi connectivity index (χ0v) is 14.7. The summed E-state index contributed by atoms with van der Waals surface area (Å²) >= 11 is 0. The number of hydrogen-bond acceptors (Lipinski definition) is 5. The number of amides is 1. The largest absolute Gasteiger partial charge is 0.369 e. The van der Waals surface area contributed by atoms with E-state index < -0.39 is 26.5 Å². The van der Waals surface area contributed by atoms with Crippen molar-refractivity contribution in [1.82, 2.24) is 14.5 Å². The summed E-state index contributed by atoms with van der Waals surface area (Å²) in [7, 11) is -3.36. The predicted octanol–water partition coefficient (Wildman–Crippen LogP) is 0.731. The van der Waals surface area contributed by atoms with Crippen LogP contribution in [-0.4, -0.2) is 65.1 Å². The second kappa shape index (κ2) is 6.17. The lowest BCUT2D eigenvalue weighted by atomic mass is 9.94. The van der Waals surface area contributed by atoms with Gasteiger partial charge in [0.15, 0.2) is 9.84 Å². The van der Waals surface area contributed by atoms with Crippen molar-refractivity contribution in [2.24, 2.45) is 0 Å². The molecule has 2 saturated heterocycles. The van der Waals surface area contributed by atoms with Crippen LogP contribution in [0.15, 0.2) is 43.0 Å². The fraction of sp³-hybridized carbons (Fsp3) is 0.412. The van der Waals surface area contributed by atoms with Gasteiger partial charge in [-0.2, -0.15) is 0 Å². The van der Waals surface area contributed by atoms with Crippen LogP contribution in [0.25, 0.3) is 0 Å². The number of benzene rings is 1. The molecule has 7 nitrogen and oxygen atoms in total. The molecule has 0 saturated carbocycles. The number of carbonyl (C=O) groups is 1. The summed E-state index contributed by atoms with van der Waals surface area (Å²) in [5.74, 6) is -0.923. The van der Waals surface area contributed by atoms with Crippen molar-refractivity contribution in [3.8, 4) is 0 Å². The van der Waals surface area contributed by atoms with Crippen LogP contribution >= 0.6 is 0 Å². The number of imidazole rings is 1. The van der Waals surface area contributed by atoms with Crippen LogP contribution in [0, 0.1) is 5.82 Å². The highest BCUT2D eigenvalue weighted by molar-refractivity contribution is 7.92. The van der Waals surface area contributed by atoms with E-state index in [4.69, 9.17) is 4.74 Å². The molecule has 1 aromatic heterocycles. The zero-order chi connectivity index (χ0) is 18.4. The first kappa shape index (κ1) is 17.2. The standard InChI is InChI=1S/C17H18FN3O4S/c18-14-3-1-2-13(6-14)16(22)21-9-17(10-21)11-26(23,24)15(8-25-17)7-20-5-4-19-12-20/h1-6,12,15H,7-11H2/t15-/m0/s1. The van der Waals surface area contributed by atoms with Crippen LogP contribution in [0.1, 0.15) is 10.4 Å². The smallest absolute Gasteiger partial charge is 0.254 e. The number of ether oxygens (including phenoxy) is 1. The van der Waals surface area contributed by atoms with Gasteiger partial charge < -0.3 is 14.2 Å². The normalized spacial score (nSPS) is 23.6. The maximum Gasteiger partial charge on any atom is 0.254 e. The molecule has 4 rings (SSSR count). The molecule has 2 aliphatic heterocycles. The third-order valence-electron chi connectivity index (χ3n) is 4.84. The van der Waals surface area contributed by atoms with Crippen molar-refractivity contribution in [3.63, 3.8) is 0 Å². The van der Waals surface area contributed by atoms with Crippen molar-refractivity contribution < 1.29 is 22.3 Å². The van der Waals surface area contributed by atoms with Crippen LogP contribution < -0.4 is 0 Å². The quantitative estimate of drug-likeness (QED) is 0.785. The SMILES string of the molecule is O=C(c1cccc(F)c1)N1CC2(C1)CS(=O)(=O)[C@@H](Cn1ccnc1)CO2. The first-order valence-corrected chi connectivity index (χ1v) is 9.95. The molecule has 26 heavy (non-hydrogen) atoms. The molecule has 2 aliphatic rings. The maximum absolute atomic E-state index is 13.3. The summed E-state index contributed by atoms with van der Waals surface area (Å²) < 4.78 is 46.1. The molecule has 2 aromatic rings. The van der Waals surface area contributed by atoms with Crippen LogP contribution in [0.2, 0.25) is 0 Å². The molecule has 0 unspecified atom stereocenters. The fourth-order valence-corrected chi connectivity index (χ4v) is 5.38. The van der Waals surface area contributed by atoms with E-state index >= 15 is 0 Å². The van der Waals surface area contributed by atoms with Crippen LogP contribution in [0.3, 0.4) is 0 Å². The molecule has 0 N–H and O–H groups in total. The number of carbonyl (C=O) groups excluding carboxylic acids is 1. The van der Waals surface area contributed by atoms with Gasteiger partial charge in [-0.15, -0.1) is 0 Å². The van der Waals surface area contributed by atoms with E-state index in [9.17, 15) is 17.6 Å². The Morgan fingerprint density at radius 3 is 2.85 bits per heavy atom. The van der Waals surface area contributed by atoms with Crippen molar-refractivity contribution >= 4 is 15.7 Å². The Kier molecular flexibility index (Phi) is 4.07. The Morgan fingerprint density at radius 1 is 1.38 bits per heavy atom. The third kappa shape index (κ3) is 3.12. The van der Waals surface area contributed by atoms with Gasteiger partial charge in [-0.1, -0.05) is 6.07 Å². The van der Waals surface area contributed by atoms with Crippen molar-refractivity contribution in [2.75, 3.05) is 25.4 Å². The van der Waals surface area contributed by atoms with E-state index in [0.29, 0.717) is 6.54 Å². The average Bonchev–Trinajstić information content (AvgIpc) is 3.07. The first-order chi connectivity index (χ1) is 12.4. The minimum atomic E-state index is -3.36. The van der Waals surface area contributed by atoms with Gasteiger partial charge in [0.2, 0.25) is 0 Å². The summed E-state index contributed by atoms with van der Waals surface area (Å²) in [5.41, 5.74) is -0.607. The Morgan fingerprint density at radius 2 is 2.19 bits per heavy atom. The van der Waals surface area contributed by atoms with Gasteiger partial charge in [-0.05, 0) is 18.2 Å². The number of aromatic nitrogens is 2. The first-order valence-electron chi connectivity index (χ1n) is 8.23. The lowest BCUT2D eigenvalue weighted by Crippen LogP contribution is -2.70. The third-order valence-corrected chi connectivity index (χ3v) is 7.07. The van der Waals surface area contributed by atoms with E-state index in [0.717, 1.165) is 0 Å². The monoisotopic (exact) mass is 379 g/mol. The minimum Gasteiger partial charge on any atom is -0.369 e. The molecule has 1 aromatic carbocycles. The number of halogens is 1. The van der Waals surface area contributed by atoms with Crippen molar-refractivity contribution in [1.29, 1.82) is 0 Å². The summed E-state index contributed by atoms with van der Waals surface area (Å²) in [4.78, 5) is 17.8. The van der Waals surface area contributed by atoms with Crippen molar-refractivity contribution in [3.05, 3.63) is 54.4 Å². The Balaban J connectivity index is 1.41. The predicted molar refractivity (Wildman–Crippen MR) is 90.8 cm³/mol. The molecule has 0 bridgehead atoms. The average molecular weight is 379 g/mol. The number of rotatable bonds is 3. The summed E-state index contributed by atoms with van der Waals surface area (Å²) in [6.07, 6.45) is 4.88. The molecule has 1 spiro atoms. The summed E-state index contributed by atoms with van der Waals surface area (Å²) in [6, 6.07) is 5.45. The molecule has 1 amide bonds. The molecular weight excluding hydrogens is 361 g/mol. The van der Waals surface area contributed by atoms with Crippen LogP contribution in [0.4, 0.5) is 4.39 Å². The Hall–Kier alpha value is -2.26. The Bertz CT molecular complexity index is 923. The Labute approximate surface area is 150 Å². The lowest BCUT2D eigenvalue weighted by molar-refractivity contribution is -0.121. The maximum atomic E-state index is 13.3. The van der Waals surface area contributed by atoms with E-state index in [1.807, 2.05) is 0 Å². The lowest BCUT2D eigenvalue weighted by Gasteiger charge is -2.52. The zero-order valence-electron chi connectivity index (χ0n) is 13.9. The van der Waals surface area contributed by atoms with Gasteiger partial charge in [0.25, 0.3) is 5.91 Å². The highest BCUT2D eigenvalue weighted by atomic mass is 32.2. The van der Waals surface area contributed by atoms with E-state index in [1.54, 1.807) is 23.3 Å². The van der Waals surface area contributed by atoms with E-state index in [2.05, 4.69) is 4.98 Å². The molecule has 2 fully saturated rings. The molecule has 9 heteroatoms. The molecule has 138 valence electrons. The minimum absolute atomic E-state index is 0.0858. The van der Waals surface area contributed by atoms with Gasteiger partial charge in [-0.3, -0.25) is 4.79 Å². The summed E-state index contributed by atoms with van der Waals surface area (Å²) in [5, 5.41) is -0.629. The highest BCUT2D eigenvalue weighted by Crippen LogP contribution is 2.34. The molecule has 1 atom stereocenters. The van der Waals surface area contributed by atoms with Gasteiger partial charge in [-0.25, -0.2) is 17.8 Å². The molecule has 3 heterocycles. The van der Waals surface area contributed by atoms with Gasteiger partial charge in [0.1, 0.15) is 16.7 Å². The highest BCUT2D eigenvalue weighted by Gasteiger charge is 2.53. The molecular formula is C17H18FN3O4S. The topological polar surface area (TPSA) is 81.5 Å². The number of hydrogen-bond donors (Lipinski definition) is 0. The number of likely N-dealkylation sites (tertiary alicyclic amines) is 1. The second-order valence-electron chi connectivity index (χ2n) is 6.85. The van der Waals surface area contributed by atoms with Gasteiger partial charge in [0, 0.05) is 24.5 Å². The van der Waals surface area contributed by atoms with Gasteiger partial charge >= 0.3 is 0 Å². The molecule has 0 aliphatic carbocycles. The molecule has 0 radical (unpaired) electrons. The number of sulfone groups is 1. The van der Waals surface area contributed by atoms with Crippen LogP contribution in [0.5, 0.6) is 0 Å². The van der Waals surface area contributed by atoms with E-state index in [-0.39, 0.29) is 36.9 Å². The van der Waals surface area contributed by atoms with Crippen LogP contribution in [-0.2, 0) is 21.1 Å². The number of nitrogens with zero attached hydrogens (tertiary/aromatic N) is 3. The van der Waals surface area contributed by atoms with Gasteiger partial charge in [0.05, 0.1) is 31.8 Å².